The van der Waals surface area contributed by atoms with Crippen LogP contribution in [0.1, 0.15) is 23.1 Å². The molecule has 0 saturated heterocycles. The number of methoxy groups -OCH3 is 1. The van der Waals surface area contributed by atoms with Crippen LogP contribution in [0.15, 0.2) is 74.7 Å². The number of halogens is 2. The summed E-state index contributed by atoms with van der Waals surface area (Å²) >= 11 is 6.80. The molecule has 0 bridgehead atoms. The third-order valence-corrected chi connectivity index (χ3v) is 5.91. The van der Waals surface area contributed by atoms with Gasteiger partial charge in [-0.1, -0.05) is 30.3 Å². The van der Waals surface area contributed by atoms with Crippen LogP contribution in [0.25, 0.3) is 0 Å². The molecule has 0 unspecified atom stereocenters. The van der Waals surface area contributed by atoms with Crippen molar-refractivity contribution in [2.45, 2.75) is 13.0 Å². The number of hydrogen-bond donors (Lipinski definition) is 2. The van der Waals surface area contributed by atoms with E-state index in [1.807, 2.05) is 18.2 Å². The normalized spacial score (nSPS) is 10.5. The summed E-state index contributed by atoms with van der Waals surface area (Å²) in [5.41, 5.74) is 4.81. The predicted molar refractivity (Wildman–Crippen MR) is 139 cm³/mol. The van der Waals surface area contributed by atoms with Crippen molar-refractivity contribution in [3.63, 3.8) is 0 Å². The number of carbonyl (C=O) groups is 2. The number of anilines is 1. The van der Waals surface area contributed by atoms with Crippen LogP contribution in [-0.2, 0) is 16.2 Å². The van der Waals surface area contributed by atoms with Crippen molar-refractivity contribution in [3.8, 4) is 17.6 Å². The van der Waals surface area contributed by atoms with Crippen LogP contribution in [-0.4, -0.2) is 25.1 Å². The van der Waals surface area contributed by atoms with Gasteiger partial charge in [-0.15, -0.1) is 0 Å². The molecule has 2 N–H and O–H groups in total. The van der Waals surface area contributed by atoms with Gasteiger partial charge in [0.2, 0.25) is 11.8 Å². The average Bonchev–Trinajstić information content (AvgIpc) is 2.84. The van der Waals surface area contributed by atoms with Crippen LogP contribution < -0.4 is 20.2 Å². The Kier molecular flexibility index (Phi) is 9.40. The third-order valence-electron chi connectivity index (χ3n) is 4.63. The molecule has 0 spiro atoms. The first-order chi connectivity index (χ1) is 16.9. The molecule has 0 saturated carbocycles. The minimum atomic E-state index is -0.562. The quantitative estimate of drug-likeness (QED) is 0.201. The maximum Gasteiger partial charge on any atom is 0.249 e. The van der Waals surface area contributed by atoms with Gasteiger partial charge in [-0.2, -0.15) is 10.4 Å². The van der Waals surface area contributed by atoms with E-state index < -0.39 is 11.8 Å². The Morgan fingerprint density at radius 2 is 1.80 bits per heavy atom. The first kappa shape index (κ1) is 25.9. The second-order valence-corrected chi connectivity index (χ2v) is 8.80. The second kappa shape index (κ2) is 12.7. The van der Waals surface area contributed by atoms with Gasteiger partial charge in [0.25, 0.3) is 0 Å². The first-order valence-electron chi connectivity index (χ1n) is 10.3. The Morgan fingerprint density at radius 3 is 2.54 bits per heavy atom. The van der Waals surface area contributed by atoms with Gasteiger partial charge < -0.3 is 14.8 Å². The van der Waals surface area contributed by atoms with E-state index in [0.717, 1.165) is 5.56 Å². The van der Waals surface area contributed by atoms with Crippen molar-refractivity contribution in [3.05, 3.63) is 86.3 Å². The molecule has 0 fully saturated rings. The number of nitrogens with one attached hydrogen (secondary N) is 2. The van der Waals surface area contributed by atoms with Crippen molar-refractivity contribution < 1.29 is 19.1 Å². The summed E-state index contributed by atoms with van der Waals surface area (Å²) < 4.78 is 12.7. The SMILES string of the molecule is COc1cc(C=NNC(=O)CC(=O)Nc2ccccc2Br)cc(Br)c1OCc1ccccc1C#N. The van der Waals surface area contributed by atoms with E-state index in [4.69, 9.17) is 9.47 Å². The van der Waals surface area contributed by atoms with Gasteiger partial charge in [0.15, 0.2) is 11.5 Å². The van der Waals surface area contributed by atoms with E-state index >= 15 is 0 Å². The topological polar surface area (TPSA) is 113 Å². The summed E-state index contributed by atoms with van der Waals surface area (Å²) in [6.07, 6.45) is 1.04. The highest BCUT2D eigenvalue weighted by Crippen LogP contribution is 2.37. The van der Waals surface area contributed by atoms with E-state index in [1.165, 1.54) is 13.3 Å². The lowest BCUT2D eigenvalue weighted by molar-refractivity contribution is -0.126. The Bertz CT molecular complexity index is 1300. The van der Waals surface area contributed by atoms with Crippen LogP contribution in [0.3, 0.4) is 0 Å². The zero-order valence-electron chi connectivity index (χ0n) is 18.5. The minimum Gasteiger partial charge on any atom is -0.493 e. The number of amides is 2. The number of carbonyl (C=O) groups excluding carboxylic acids is 2. The molecule has 0 aliphatic carbocycles. The zero-order valence-corrected chi connectivity index (χ0v) is 21.7. The van der Waals surface area contributed by atoms with Gasteiger partial charge in [0, 0.05) is 10.0 Å². The van der Waals surface area contributed by atoms with Crippen molar-refractivity contribution >= 4 is 55.6 Å². The molecule has 3 aromatic rings. The second-order valence-electron chi connectivity index (χ2n) is 7.09. The Hall–Kier alpha value is -3.68. The van der Waals surface area contributed by atoms with E-state index in [0.29, 0.717) is 37.3 Å². The molecule has 2 amide bonds. The van der Waals surface area contributed by atoms with Gasteiger partial charge in [-0.3, -0.25) is 9.59 Å². The fourth-order valence-corrected chi connectivity index (χ4v) is 3.94. The van der Waals surface area contributed by atoms with Crippen molar-refractivity contribution in [1.29, 1.82) is 5.26 Å². The number of hydrogen-bond acceptors (Lipinski definition) is 6. The molecule has 0 aliphatic rings. The maximum atomic E-state index is 12.1. The van der Waals surface area contributed by atoms with Gasteiger partial charge in [-0.05, 0) is 67.8 Å². The molecular weight excluding hydrogens is 580 g/mol. The summed E-state index contributed by atoms with van der Waals surface area (Å²) in [6.45, 7) is 0.184. The highest BCUT2D eigenvalue weighted by atomic mass is 79.9. The van der Waals surface area contributed by atoms with E-state index in [9.17, 15) is 14.9 Å². The summed E-state index contributed by atoms with van der Waals surface area (Å²) in [7, 11) is 1.50. The molecule has 35 heavy (non-hydrogen) atoms. The summed E-state index contributed by atoms with van der Waals surface area (Å²) in [4.78, 5) is 24.1. The fourth-order valence-electron chi connectivity index (χ4n) is 2.98. The highest BCUT2D eigenvalue weighted by Gasteiger charge is 2.13. The zero-order chi connectivity index (χ0) is 25.2. The fraction of sp³-hybridized carbons (Fsp3) is 0.120. The van der Waals surface area contributed by atoms with Gasteiger partial charge in [-0.25, -0.2) is 5.43 Å². The first-order valence-corrected chi connectivity index (χ1v) is 11.8. The number of ether oxygens (including phenoxy) is 2. The molecule has 3 rings (SSSR count). The lowest BCUT2D eigenvalue weighted by Crippen LogP contribution is -2.24. The van der Waals surface area contributed by atoms with Crippen molar-refractivity contribution in [2.24, 2.45) is 5.10 Å². The monoisotopic (exact) mass is 598 g/mol. The number of hydrazone groups is 1. The average molecular weight is 600 g/mol. The van der Waals surface area contributed by atoms with E-state index in [1.54, 1.807) is 42.5 Å². The molecule has 0 radical (unpaired) electrons. The van der Waals surface area contributed by atoms with Crippen LogP contribution in [0.2, 0.25) is 0 Å². The van der Waals surface area contributed by atoms with Gasteiger partial charge >= 0.3 is 0 Å². The largest absolute Gasteiger partial charge is 0.493 e. The van der Waals surface area contributed by atoms with Crippen molar-refractivity contribution in [2.75, 3.05) is 12.4 Å². The highest BCUT2D eigenvalue weighted by molar-refractivity contribution is 9.11. The van der Waals surface area contributed by atoms with Gasteiger partial charge in [0.1, 0.15) is 13.0 Å². The number of benzene rings is 3. The van der Waals surface area contributed by atoms with Crippen LogP contribution >= 0.6 is 31.9 Å². The molecule has 3 aromatic carbocycles. The van der Waals surface area contributed by atoms with E-state index in [2.05, 4.69) is 53.8 Å². The molecule has 8 nitrogen and oxygen atoms in total. The summed E-state index contributed by atoms with van der Waals surface area (Å²) in [6, 6.07) is 19.8. The molecular formula is C25H20Br2N4O4. The van der Waals surface area contributed by atoms with Gasteiger partial charge in [0.05, 0.1) is 35.1 Å². The molecule has 0 heterocycles. The lowest BCUT2D eigenvalue weighted by Gasteiger charge is -2.14. The summed E-state index contributed by atoms with van der Waals surface area (Å²) in [5, 5.41) is 15.8. The standard InChI is InChI=1S/C25H20Br2N4O4/c1-34-22-11-16(10-20(27)25(22)35-15-18-7-3-2-6-17(18)13-28)14-29-31-24(33)12-23(32)30-21-9-5-4-8-19(21)26/h2-11,14H,12,15H2,1H3,(H,30,32)(H,31,33). The number of nitrogens with zero attached hydrogens (tertiary/aromatic N) is 2. The number of para-hydroxylation sites is 1. The molecule has 10 heteroatoms. The Morgan fingerprint density at radius 1 is 1.06 bits per heavy atom. The van der Waals surface area contributed by atoms with Crippen molar-refractivity contribution in [1.82, 2.24) is 5.43 Å². The third kappa shape index (κ3) is 7.40. The Balaban J connectivity index is 1.60. The van der Waals surface area contributed by atoms with E-state index in [-0.39, 0.29) is 13.0 Å². The molecule has 0 aliphatic heterocycles. The predicted octanol–water partition coefficient (Wildman–Crippen LogP) is 5.15. The maximum absolute atomic E-state index is 12.1. The van der Waals surface area contributed by atoms with Crippen LogP contribution in [0, 0.1) is 11.3 Å². The smallest absolute Gasteiger partial charge is 0.249 e. The lowest BCUT2D eigenvalue weighted by atomic mass is 10.1. The Labute approximate surface area is 219 Å². The molecule has 0 aromatic heterocycles. The molecule has 0 atom stereocenters. The minimum absolute atomic E-state index is 0.184. The molecule has 178 valence electrons. The van der Waals surface area contributed by atoms with Crippen LogP contribution in [0.4, 0.5) is 5.69 Å². The number of nitriles is 1. The van der Waals surface area contributed by atoms with Crippen LogP contribution in [0.5, 0.6) is 11.5 Å². The number of rotatable bonds is 9. The summed E-state index contributed by atoms with van der Waals surface area (Å²) in [5.74, 6) is -0.124.